The van der Waals surface area contributed by atoms with Crippen molar-refractivity contribution in [3.8, 4) is 0 Å². The van der Waals surface area contributed by atoms with Crippen LogP contribution in [0.4, 0.5) is 13.2 Å². The van der Waals surface area contributed by atoms with Crippen LogP contribution in [-0.2, 0) is 19.0 Å². The SMILES string of the molecule is CCc1nc2ccc(C(F)(F)F)cn2c1C(=O)NCCc1c[nH]c2ccccc12. The number of imidazole rings is 1. The molecular weight excluding hydrogens is 381 g/mol. The molecule has 2 N–H and O–H groups in total. The largest absolute Gasteiger partial charge is 0.417 e. The maximum absolute atomic E-state index is 13.1. The van der Waals surface area contributed by atoms with Crippen molar-refractivity contribution in [2.24, 2.45) is 0 Å². The molecule has 0 aliphatic rings. The zero-order valence-corrected chi connectivity index (χ0v) is 15.7. The molecule has 8 heteroatoms. The Balaban J connectivity index is 1.57. The van der Waals surface area contributed by atoms with Gasteiger partial charge in [-0.3, -0.25) is 9.20 Å². The molecule has 0 fully saturated rings. The van der Waals surface area contributed by atoms with Gasteiger partial charge in [0.05, 0.1) is 11.3 Å². The summed E-state index contributed by atoms with van der Waals surface area (Å²) in [6.45, 7) is 2.17. The molecule has 0 atom stereocenters. The average Bonchev–Trinajstić information content (AvgIpc) is 3.28. The second-order valence-corrected chi connectivity index (χ2v) is 6.77. The molecule has 3 heterocycles. The summed E-state index contributed by atoms with van der Waals surface area (Å²) in [4.78, 5) is 20.3. The minimum atomic E-state index is -4.49. The smallest absolute Gasteiger partial charge is 0.361 e. The minimum Gasteiger partial charge on any atom is -0.361 e. The summed E-state index contributed by atoms with van der Waals surface area (Å²) in [5.41, 5.74) is 2.19. The number of pyridine rings is 1. The van der Waals surface area contributed by atoms with Gasteiger partial charge in [0.2, 0.25) is 0 Å². The van der Waals surface area contributed by atoms with Crippen molar-refractivity contribution in [2.75, 3.05) is 6.54 Å². The van der Waals surface area contributed by atoms with Crippen LogP contribution in [0.25, 0.3) is 16.6 Å². The number of alkyl halides is 3. The average molecular weight is 400 g/mol. The third-order valence-corrected chi connectivity index (χ3v) is 4.92. The molecule has 0 bridgehead atoms. The highest BCUT2D eigenvalue weighted by Gasteiger charge is 2.31. The lowest BCUT2D eigenvalue weighted by molar-refractivity contribution is -0.137. The highest BCUT2D eigenvalue weighted by atomic mass is 19.4. The van der Waals surface area contributed by atoms with Gasteiger partial charge in [0, 0.05) is 29.8 Å². The monoisotopic (exact) mass is 400 g/mol. The van der Waals surface area contributed by atoms with Gasteiger partial charge in [0.1, 0.15) is 11.3 Å². The van der Waals surface area contributed by atoms with E-state index in [9.17, 15) is 18.0 Å². The van der Waals surface area contributed by atoms with E-state index in [1.807, 2.05) is 37.4 Å². The summed E-state index contributed by atoms with van der Waals surface area (Å²) in [6.07, 6.45) is -0.627. The summed E-state index contributed by atoms with van der Waals surface area (Å²) in [5, 5.41) is 3.90. The zero-order chi connectivity index (χ0) is 20.6. The number of hydrogen-bond acceptors (Lipinski definition) is 2. The van der Waals surface area contributed by atoms with Crippen LogP contribution in [0.15, 0.2) is 48.8 Å². The first-order chi connectivity index (χ1) is 13.9. The summed E-state index contributed by atoms with van der Waals surface area (Å²) >= 11 is 0. The third-order valence-electron chi connectivity index (χ3n) is 4.92. The van der Waals surface area contributed by atoms with Crippen LogP contribution in [0, 0.1) is 0 Å². The molecule has 1 aromatic carbocycles. The highest BCUT2D eigenvalue weighted by Crippen LogP contribution is 2.30. The number of rotatable bonds is 5. The Labute approximate surface area is 164 Å². The van der Waals surface area contributed by atoms with E-state index in [4.69, 9.17) is 0 Å². The minimum absolute atomic E-state index is 0.146. The van der Waals surface area contributed by atoms with Crippen LogP contribution in [0.1, 0.15) is 34.2 Å². The molecule has 4 rings (SSSR count). The number of carbonyl (C=O) groups is 1. The number of amides is 1. The standard InChI is InChI=1S/C21H19F3N4O/c1-2-16-19(28-12-14(21(22,23)24)7-8-18(28)27-16)20(29)25-10-9-13-11-26-17-6-4-3-5-15(13)17/h3-8,11-12,26H,2,9-10H2,1H3,(H,25,29). The quantitative estimate of drug-likeness (QED) is 0.523. The van der Waals surface area contributed by atoms with Gasteiger partial charge >= 0.3 is 6.18 Å². The van der Waals surface area contributed by atoms with Gasteiger partial charge < -0.3 is 10.3 Å². The fraction of sp³-hybridized carbons (Fsp3) is 0.238. The van der Waals surface area contributed by atoms with Crippen molar-refractivity contribution in [3.05, 3.63) is 71.3 Å². The number of aryl methyl sites for hydroxylation is 1. The molecule has 0 unspecified atom stereocenters. The number of hydrogen-bond donors (Lipinski definition) is 2. The van der Waals surface area contributed by atoms with E-state index < -0.39 is 17.6 Å². The highest BCUT2D eigenvalue weighted by molar-refractivity contribution is 5.94. The second-order valence-electron chi connectivity index (χ2n) is 6.77. The molecule has 0 saturated carbocycles. The maximum atomic E-state index is 13.1. The van der Waals surface area contributed by atoms with E-state index in [-0.39, 0.29) is 5.69 Å². The lowest BCUT2D eigenvalue weighted by Gasteiger charge is -2.09. The van der Waals surface area contributed by atoms with Crippen LogP contribution in [0.3, 0.4) is 0 Å². The topological polar surface area (TPSA) is 62.2 Å². The Morgan fingerprint density at radius 1 is 1.21 bits per heavy atom. The lowest BCUT2D eigenvalue weighted by Crippen LogP contribution is -2.28. The number of para-hydroxylation sites is 1. The van der Waals surface area contributed by atoms with Crippen molar-refractivity contribution < 1.29 is 18.0 Å². The van der Waals surface area contributed by atoms with Crippen LogP contribution >= 0.6 is 0 Å². The first-order valence-electron chi connectivity index (χ1n) is 9.30. The van der Waals surface area contributed by atoms with Crippen molar-refractivity contribution in [2.45, 2.75) is 25.9 Å². The molecule has 0 aliphatic heterocycles. The number of nitrogens with one attached hydrogen (secondary N) is 2. The number of carbonyl (C=O) groups excluding carboxylic acids is 1. The van der Waals surface area contributed by atoms with Crippen molar-refractivity contribution in [1.29, 1.82) is 0 Å². The molecule has 150 valence electrons. The Kier molecular flexibility index (Phi) is 4.77. The molecule has 4 aromatic rings. The van der Waals surface area contributed by atoms with Crippen LogP contribution in [-0.4, -0.2) is 26.8 Å². The lowest BCUT2D eigenvalue weighted by atomic mass is 10.1. The summed E-state index contributed by atoms with van der Waals surface area (Å²) in [7, 11) is 0. The molecule has 0 radical (unpaired) electrons. The second kappa shape index (κ2) is 7.27. The van der Waals surface area contributed by atoms with E-state index in [2.05, 4.69) is 15.3 Å². The van der Waals surface area contributed by atoms with Crippen molar-refractivity contribution in [1.82, 2.24) is 19.7 Å². The number of nitrogens with zero attached hydrogens (tertiary/aromatic N) is 2. The molecule has 3 aromatic heterocycles. The first kappa shape index (κ1) is 19.0. The normalized spacial score (nSPS) is 12.0. The number of aromatic amines is 1. The van der Waals surface area contributed by atoms with Gasteiger partial charge in [0.15, 0.2) is 0 Å². The Bertz CT molecular complexity index is 1190. The maximum Gasteiger partial charge on any atom is 0.417 e. The Morgan fingerprint density at radius 2 is 2.00 bits per heavy atom. The van der Waals surface area contributed by atoms with Gasteiger partial charge in [-0.25, -0.2) is 4.98 Å². The van der Waals surface area contributed by atoms with Crippen LogP contribution < -0.4 is 5.32 Å². The molecule has 29 heavy (non-hydrogen) atoms. The molecular formula is C21H19F3N4O. The van der Waals surface area contributed by atoms with Gasteiger partial charge in [-0.2, -0.15) is 13.2 Å². The Hall–Kier alpha value is -3.29. The fourth-order valence-electron chi connectivity index (χ4n) is 3.48. The summed E-state index contributed by atoms with van der Waals surface area (Å²) in [6, 6.07) is 10.1. The number of aromatic nitrogens is 3. The summed E-state index contributed by atoms with van der Waals surface area (Å²) < 4.78 is 40.5. The molecule has 5 nitrogen and oxygen atoms in total. The van der Waals surface area contributed by atoms with Gasteiger partial charge in [0.25, 0.3) is 5.91 Å². The number of H-pyrrole nitrogens is 1. The number of benzene rings is 1. The van der Waals surface area contributed by atoms with Gasteiger partial charge in [-0.15, -0.1) is 0 Å². The van der Waals surface area contributed by atoms with E-state index in [1.54, 1.807) is 0 Å². The van der Waals surface area contributed by atoms with E-state index in [1.165, 1.54) is 10.5 Å². The molecule has 0 aliphatic carbocycles. The predicted octanol–water partition coefficient (Wildman–Crippen LogP) is 4.37. The van der Waals surface area contributed by atoms with Crippen LogP contribution in [0.2, 0.25) is 0 Å². The first-order valence-corrected chi connectivity index (χ1v) is 9.30. The van der Waals surface area contributed by atoms with E-state index >= 15 is 0 Å². The van der Waals surface area contributed by atoms with E-state index in [0.717, 1.165) is 28.7 Å². The molecule has 1 amide bonds. The summed E-state index contributed by atoms with van der Waals surface area (Å²) in [5.74, 6) is -0.437. The number of fused-ring (bicyclic) bond motifs is 2. The third kappa shape index (κ3) is 3.57. The molecule has 0 spiro atoms. The van der Waals surface area contributed by atoms with E-state index in [0.29, 0.717) is 30.7 Å². The predicted molar refractivity (Wildman–Crippen MR) is 104 cm³/mol. The van der Waals surface area contributed by atoms with Gasteiger partial charge in [-0.05, 0) is 36.6 Å². The van der Waals surface area contributed by atoms with Crippen LogP contribution in [0.5, 0.6) is 0 Å². The van der Waals surface area contributed by atoms with Gasteiger partial charge in [-0.1, -0.05) is 25.1 Å². The fourth-order valence-corrected chi connectivity index (χ4v) is 3.48. The Morgan fingerprint density at radius 3 is 2.76 bits per heavy atom. The molecule has 0 saturated heterocycles. The number of halogens is 3. The van der Waals surface area contributed by atoms with Crippen molar-refractivity contribution in [3.63, 3.8) is 0 Å². The van der Waals surface area contributed by atoms with Crippen molar-refractivity contribution >= 4 is 22.5 Å². The zero-order valence-electron chi connectivity index (χ0n) is 15.7.